The minimum absolute atomic E-state index is 0.141. The van der Waals surface area contributed by atoms with Gasteiger partial charge in [-0.1, -0.05) is 13.0 Å². The van der Waals surface area contributed by atoms with E-state index in [9.17, 15) is 4.79 Å². The van der Waals surface area contributed by atoms with Crippen LogP contribution in [0.5, 0.6) is 0 Å². The molecule has 6 nitrogen and oxygen atoms in total. The largest absolute Gasteiger partial charge is 0.343 e. The molecule has 0 bridgehead atoms. The van der Waals surface area contributed by atoms with Crippen molar-refractivity contribution in [1.29, 1.82) is 15.8 Å². The monoisotopic (exact) mass is 293 g/mol. The van der Waals surface area contributed by atoms with Crippen LogP contribution in [0, 0.1) is 40.9 Å². The van der Waals surface area contributed by atoms with E-state index in [1.165, 1.54) is 0 Å². The van der Waals surface area contributed by atoms with Crippen LogP contribution in [0.4, 0.5) is 11.4 Å². The molecule has 0 aliphatic carbocycles. The molecule has 0 aliphatic rings. The summed E-state index contributed by atoms with van der Waals surface area (Å²) >= 11 is 0. The van der Waals surface area contributed by atoms with Crippen LogP contribution in [0.1, 0.15) is 25.3 Å². The number of rotatable bonds is 5. The van der Waals surface area contributed by atoms with Crippen molar-refractivity contribution in [3.8, 4) is 18.2 Å². The highest BCUT2D eigenvalue weighted by Crippen LogP contribution is 2.25. The third kappa shape index (κ3) is 4.37. The SMILES string of the molecule is CCCC(=O)Nc1ccc(C)cc1NC(C#N)=C(C#N)C#N. The molecule has 0 fully saturated rings. The number of hydrogen-bond acceptors (Lipinski definition) is 5. The fourth-order valence-electron chi connectivity index (χ4n) is 1.73. The normalized spacial score (nSPS) is 8.86. The number of hydrogen-bond donors (Lipinski definition) is 2. The van der Waals surface area contributed by atoms with Gasteiger partial charge in [-0.3, -0.25) is 4.79 Å². The van der Waals surface area contributed by atoms with Crippen molar-refractivity contribution in [2.75, 3.05) is 10.6 Å². The maximum atomic E-state index is 11.7. The minimum Gasteiger partial charge on any atom is -0.343 e. The molecular weight excluding hydrogens is 278 g/mol. The Hall–Kier alpha value is -3.30. The third-order valence-electron chi connectivity index (χ3n) is 2.77. The van der Waals surface area contributed by atoms with E-state index in [0.717, 1.165) is 12.0 Å². The van der Waals surface area contributed by atoms with Crippen molar-refractivity contribution in [2.24, 2.45) is 0 Å². The van der Waals surface area contributed by atoms with Gasteiger partial charge >= 0.3 is 0 Å². The van der Waals surface area contributed by atoms with E-state index in [0.29, 0.717) is 17.8 Å². The highest BCUT2D eigenvalue weighted by molar-refractivity contribution is 5.94. The number of nitrogens with one attached hydrogen (secondary N) is 2. The summed E-state index contributed by atoms with van der Waals surface area (Å²) < 4.78 is 0. The minimum atomic E-state index is -0.310. The molecule has 1 aromatic carbocycles. The molecule has 0 saturated heterocycles. The first-order valence-electron chi connectivity index (χ1n) is 6.67. The van der Waals surface area contributed by atoms with E-state index in [1.54, 1.807) is 30.3 Å². The zero-order chi connectivity index (χ0) is 16.5. The van der Waals surface area contributed by atoms with E-state index >= 15 is 0 Å². The molecule has 0 atom stereocenters. The van der Waals surface area contributed by atoms with Gasteiger partial charge in [-0.2, -0.15) is 15.8 Å². The number of aryl methyl sites for hydroxylation is 1. The standard InChI is InChI=1S/C16H15N5O/c1-3-4-16(22)21-13-6-5-11(2)7-14(13)20-15(10-19)12(8-17)9-18/h5-7,20H,3-4H2,1-2H3,(H,21,22). The maximum Gasteiger partial charge on any atom is 0.224 e. The van der Waals surface area contributed by atoms with Gasteiger partial charge in [-0.25, -0.2) is 0 Å². The summed E-state index contributed by atoms with van der Waals surface area (Å²) in [4.78, 5) is 11.7. The Kier molecular flexibility index (Phi) is 6.16. The number of carbonyl (C=O) groups is 1. The zero-order valence-electron chi connectivity index (χ0n) is 12.4. The van der Waals surface area contributed by atoms with E-state index in [1.807, 2.05) is 19.9 Å². The van der Waals surface area contributed by atoms with Crippen LogP contribution in [-0.4, -0.2) is 5.91 Å². The molecule has 0 radical (unpaired) electrons. The van der Waals surface area contributed by atoms with E-state index in [2.05, 4.69) is 10.6 Å². The first kappa shape index (κ1) is 16.8. The predicted octanol–water partition coefficient (Wildman–Crippen LogP) is 2.97. The summed E-state index contributed by atoms with van der Waals surface area (Å²) in [5.74, 6) is -0.141. The topological polar surface area (TPSA) is 112 Å². The number of nitrogens with zero attached hydrogens (tertiary/aromatic N) is 3. The number of allylic oxidation sites excluding steroid dienone is 2. The van der Waals surface area contributed by atoms with E-state index < -0.39 is 0 Å². The van der Waals surface area contributed by atoms with Gasteiger partial charge in [0, 0.05) is 6.42 Å². The molecule has 0 saturated carbocycles. The van der Waals surface area contributed by atoms with Gasteiger partial charge in [0.15, 0.2) is 5.57 Å². The van der Waals surface area contributed by atoms with Crippen molar-refractivity contribution in [2.45, 2.75) is 26.7 Å². The van der Waals surface area contributed by atoms with Gasteiger partial charge in [0.05, 0.1) is 11.4 Å². The number of anilines is 2. The lowest BCUT2D eigenvalue weighted by Crippen LogP contribution is -2.13. The molecule has 2 N–H and O–H groups in total. The molecule has 6 heteroatoms. The number of benzene rings is 1. The van der Waals surface area contributed by atoms with Crippen LogP contribution in [0.25, 0.3) is 0 Å². The van der Waals surface area contributed by atoms with E-state index in [-0.39, 0.29) is 17.2 Å². The van der Waals surface area contributed by atoms with Crippen molar-refractivity contribution >= 4 is 17.3 Å². The first-order valence-corrected chi connectivity index (χ1v) is 6.67. The summed E-state index contributed by atoms with van der Waals surface area (Å²) in [6.45, 7) is 3.75. The van der Waals surface area contributed by atoms with Crippen molar-refractivity contribution in [1.82, 2.24) is 0 Å². The molecule has 0 aliphatic heterocycles. The van der Waals surface area contributed by atoms with Gasteiger partial charge in [-0.05, 0) is 31.0 Å². The molecule has 110 valence electrons. The van der Waals surface area contributed by atoms with Crippen LogP contribution >= 0.6 is 0 Å². The lowest BCUT2D eigenvalue weighted by molar-refractivity contribution is -0.116. The Morgan fingerprint density at radius 1 is 1.09 bits per heavy atom. The predicted molar refractivity (Wildman–Crippen MR) is 82.2 cm³/mol. The summed E-state index contributed by atoms with van der Waals surface area (Å²) in [6, 6.07) is 10.4. The van der Waals surface area contributed by atoms with Crippen LogP contribution in [0.2, 0.25) is 0 Å². The number of carbonyl (C=O) groups excluding carboxylic acids is 1. The Morgan fingerprint density at radius 3 is 2.32 bits per heavy atom. The van der Waals surface area contributed by atoms with Crippen molar-refractivity contribution < 1.29 is 4.79 Å². The van der Waals surface area contributed by atoms with Gasteiger partial charge in [0.25, 0.3) is 0 Å². The van der Waals surface area contributed by atoms with Crippen LogP contribution in [-0.2, 0) is 4.79 Å². The molecule has 0 aromatic heterocycles. The fraction of sp³-hybridized carbons (Fsp3) is 0.250. The summed E-state index contributed by atoms with van der Waals surface area (Å²) in [5, 5.41) is 32.3. The van der Waals surface area contributed by atoms with Gasteiger partial charge in [0.1, 0.15) is 23.9 Å². The van der Waals surface area contributed by atoms with Crippen LogP contribution in [0.3, 0.4) is 0 Å². The molecule has 0 unspecified atom stereocenters. The van der Waals surface area contributed by atoms with Crippen molar-refractivity contribution in [3.63, 3.8) is 0 Å². The third-order valence-corrected chi connectivity index (χ3v) is 2.77. The molecule has 22 heavy (non-hydrogen) atoms. The van der Waals surface area contributed by atoms with Gasteiger partial charge < -0.3 is 10.6 Å². The maximum absolute atomic E-state index is 11.7. The lowest BCUT2D eigenvalue weighted by Gasteiger charge is -2.13. The second-order valence-corrected chi connectivity index (χ2v) is 4.56. The Bertz CT molecular complexity index is 712. The molecule has 1 rings (SSSR count). The fourth-order valence-corrected chi connectivity index (χ4v) is 1.73. The molecule has 0 heterocycles. The number of nitriles is 3. The average Bonchev–Trinajstić information content (AvgIpc) is 2.50. The highest BCUT2D eigenvalue weighted by atomic mass is 16.1. The summed E-state index contributed by atoms with van der Waals surface area (Å²) in [6.07, 6.45) is 1.10. The quantitative estimate of drug-likeness (QED) is 0.810. The smallest absolute Gasteiger partial charge is 0.224 e. The Morgan fingerprint density at radius 2 is 1.77 bits per heavy atom. The molecule has 1 amide bonds. The summed E-state index contributed by atoms with van der Waals surface area (Å²) in [7, 11) is 0. The number of amides is 1. The Balaban J connectivity index is 3.19. The lowest BCUT2D eigenvalue weighted by atomic mass is 10.1. The van der Waals surface area contributed by atoms with Crippen molar-refractivity contribution in [3.05, 3.63) is 35.0 Å². The highest BCUT2D eigenvalue weighted by Gasteiger charge is 2.11. The molecule has 1 aromatic rings. The second kappa shape index (κ2) is 8.09. The first-order chi connectivity index (χ1) is 10.5. The van der Waals surface area contributed by atoms with Crippen LogP contribution < -0.4 is 10.6 Å². The van der Waals surface area contributed by atoms with Gasteiger partial charge in [0.2, 0.25) is 5.91 Å². The van der Waals surface area contributed by atoms with Crippen LogP contribution in [0.15, 0.2) is 29.5 Å². The summed E-state index contributed by atoms with van der Waals surface area (Å²) in [5.41, 5.74) is 1.40. The molecule has 0 spiro atoms. The van der Waals surface area contributed by atoms with E-state index in [4.69, 9.17) is 15.8 Å². The average molecular weight is 293 g/mol. The van der Waals surface area contributed by atoms with Gasteiger partial charge in [-0.15, -0.1) is 0 Å². The molecular formula is C16H15N5O. The second-order valence-electron chi connectivity index (χ2n) is 4.56. The Labute approximate surface area is 129 Å². The zero-order valence-corrected chi connectivity index (χ0v) is 12.4.